The molecular formula is C29H27F4N3O2. The number of anilines is 1. The highest BCUT2D eigenvalue weighted by Crippen LogP contribution is 2.51. The number of piperidine rings is 2. The van der Waals surface area contributed by atoms with Crippen molar-refractivity contribution in [3.8, 4) is 5.75 Å². The summed E-state index contributed by atoms with van der Waals surface area (Å²) in [5.74, 6) is 0.386. The van der Waals surface area contributed by atoms with Gasteiger partial charge in [0, 0.05) is 19.1 Å². The third-order valence-electron chi connectivity index (χ3n) is 8.10. The second-order valence-corrected chi connectivity index (χ2v) is 10.3. The predicted molar refractivity (Wildman–Crippen MR) is 137 cm³/mol. The van der Waals surface area contributed by atoms with E-state index in [-0.39, 0.29) is 41.5 Å². The van der Waals surface area contributed by atoms with Gasteiger partial charge in [-0.3, -0.25) is 9.13 Å². The fraction of sp³-hybridized carbons (Fsp3) is 0.345. The van der Waals surface area contributed by atoms with Crippen molar-refractivity contribution in [2.24, 2.45) is 11.8 Å². The lowest BCUT2D eigenvalue weighted by Crippen LogP contribution is -2.57. The van der Waals surface area contributed by atoms with Crippen LogP contribution in [-0.2, 0) is 12.7 Å². The monoisotopic (exact) mass is 525 g/mol. The van der Waals surface area contributed by atoms with Crippen molar-refractivity contribution in [2.75, 3.05) is 25.1 Å². The van der Waals surface area contributed by atoms with Gasteiger partial charge in [0.25, 0.3) is 0 Å². The molecule has 2 unspecified atom stereocenters. The van der Waals surface area contributed by atoms with Gasteiger partial charge in [0.05, 0.1) is 30.4 Å². The molecule has 2 aliphatic heterocycles. The molecule has 4 aromatic rings. The maximum Gasteiger partial charge on any atom is 0.416 e. The summed E-state index contributed by atoms with van der Waals surface area (Å²) in [5, 5.41) is 0. The summed E-state index contributed by atoms with van der Waals surface area (Å²) >= 11 is 0. The van der Waals surface area contributed by atoms with Gasteiger partial charge in [0.15, 0.2) is 0 Å². The quantitative estimate of drug-likeness (QED) is 0.299. The summed E-state index contributed by atoms with van der Waals surface area (Å²) in [6.45, 7) is 2.85. The fourth-order valence-corrected chi connectivity index (χ4v) is 6.50. The van der Waals surface area contributed by atoms with Gasteiger partial charge in [-0.05, 0) is 60.6 Å². The topological polar surface area (TPSA) is 39.4 Å². The summed E-state index contributed by atoms with van der Waals surface area (Å²) in [6.07, 6.45) is -3.63. The van der Waals surface area contributed by atoms with Crippen molar-refractivity contribution in [3.05, 3.63) is 93.7 Å². The molecule has 0 N–H and O–H groups in total. The number of nitrogens with zero attached hydrogens (tertiary/aromatic N) is 3. The zero-order valence-electron chi connectivity index (χ0n) is 21.0. The Morgan fingerprint density at radius 2 is 1.68 bits per heavy atom. The zero-order valence-corrected chi connectivity index (χ0v) is 21.0. The number of rotatable bonds is 5. The van der Waals surface area contributed by atoms with E-state index in [1.807, 2.05) is 19.1 Å². The van der Waals surface area contributed by atoms with Crippen molar-refractivity contribution in [1.29, 1.82) is 0 Å². The number of hydrogen-bond acceptors (Lipinski definition) is 3. The van der Waals surface area contributed by atoms with Crippen LogP contribution in [0.3, 0.4) is 0 Å². The third kappa shape index (κ3) is 3.78. The van der Waals surface area contributed by atoms with Crippen LogP contribution in [0.4, 0.5) is 23.2 Å². The Morgan fingerprint density at radius 1 is 0.974 bits per heavy atom. The number of aromatic nitrogens is 2. The Hall–Kier alpha value is -3.75. The molecule has 3 aromatic carbocycles. The van der Waals surface area contributed by atoms with Gasteiger partial charge in [0.2, 0.25) is 0 Å². The van der Waals surface area contributed by atoms with Crippen LogP contribution in [0.1, 0.15) is 29.2 Å². The van der Waals surface area contributed by atoms with Gasteiger partial charge >= 0.3 is 11.9 Å². The molecule has 1 aromatic heterocycles. The van der Waals surface area contributed by atoms with Crippen molar-refractivity contribution >= 4 is 16.7 Å². The highest BCUT2D eigenvalue weighted by atomic mass is 19.4. The number of halogens is 4. The van der Waals surface area contributed by atoms with Crippen molar-refractivity contribution in [3.63, 3.8) is 0 Å². The van der Waals surface area contributed by atoms with Crippen molar-refractivity contribution < 1.29 is 22.3 Å². The minimum atomic E-state index is -4.54. The highest BCUT2D eigenvalue weighted by molar-refractivity contribution is 5.83. The summed E-state index contributed by atoms with van der Waals surface area (Å²) in [6, 6.07) is 15.6. The first kappa shape index (κ1) is 24.6. The molecule has 0 radical (unpaired) electrons. The average molecular weight is 526 g/mol. The van der Waals surface area contributed by atoms with E-state index in [1.165, 1.54) is 29.9 Å². The molecule has 38 heavy (non-hydrogen) atoms. The van der Waals surface area contributed by atoms with Crippen molar-refractivity contribution in [2.45, 2.75) is 32.1 Å². The molecular weight excluding hydrogens is 498 g/mol. The van der Waals surface area contributed by atoms with Gasteiger partial charge in [0.1, 0.15) is 17.1 Å². The second kappa shape index (κ2) is 8.92. The summed E-state index contributed by atoms with van der Waals surface area (Å²) < 4.78 is 64.6. The smallest absolute Gasteiger partial charge is 0.416 e. The van der Waals surface area contributed by atoms with E-state index in [4.69, 9.17) is 4.74 Å². The Labute approximate surface area is 216 Å². The Balaban J connectivity index is 1.42. The fourth-order valence-electron chi connectivity index (χ4n) is 6.50. The summed E-state index contributed by atoms with van der Waals surface area (Å²) in [7, 11) is 1.48. The number of fused-ring (bicyclic) bond motifs is 3. The van der Waals surface area contributed by atoms with Gasteiger partial charge in [-0.25, -0.2) is 9.18 Å². The van der Waals surface area contributed by atoms with E-state index in [0.29, 0.717) is 35.6 Å². The normalized spacial score (nSPS) is 21.0. The minimum absolute atomic E-state index is 0.0158. The zero-order chi connectivity index (χ0) is 26.8. The van der Waals surface area contributed by atoms with Gasteiger partial charge < -0.3 is 9.64 Å². The number of methoxy groups -OCH3 is 1. The molecule has 9 heteroatoms. The van der Waals surface area contributed by atoms with Crippen LogP contribution >= 0.6 is 0 Å². The standard InChI is InChI=1S/C29H27F4N3O2/c1-17-7-5-10-22(30)25(17)34-14-19-13-20(15-34)26(19)36-23-11-6-12-24(38-2)27(23)35(28(36)37)16-18-8-3-4-9-21(18)29(31,32)33/h3-12,19-20,26H,13-16H2,1-2H3. The SMILES string of the molecule is COc1cccc2c1n(Cc1ccccc1C(F)(F)F)c(=O)n2C1C2CC1CN(c1c(C)cccc1F)C2. The molecule has 5 nitrogen and oxygen atoms in total. The van der Waals surface area contributed by atoms with E-state index < -0.39 is 11.7 Å². The van der Waals surface area contributed by atoms with E-state index in [1.54, 1.807) is 28.8 Å². The molecule has 3 heterocycles. The first-order valence-corrected chi connectivity index (χ1v) is 12.6. The lowest BCUT2D eigenvalue weighted by Gasteiger charge is -2.54. The van der Waals surface area contributed by atoms with Crippen LogP contribution in [0, 0.1) is 24.6 Å². The number of aryl methyl sites for hydroxylation is 1. The number of benzene rings is 3. The number of hydrogen-bond donors (Lipinski definition) is 0. The molecule has 0 amide bonds. The largest absolute Gasteiger partial charge is 0.494 e. The molecule has 3 fully saturated rings. The molecule has 0 spiro atoms. The molecule has 3 aliphatic rings. The van der Waals surface area contributed by atoms with Gasteiger partial charge in [-0.1, -0.05) is 36.4 Å². The van der Waals surface area contributed by atoms with Gasteiger partial charge in [-0.2, -0.15) is 13.2 Å². The first-order valence-electron chi connectivity index (χ1n) is 12.6. The predicted octanol–water partition coefficient (Wildman–Crippen LogP) is 6.02. The van der Waals surface area contributed by atoms with Crippen LogP contribution < -0.4 is 15.3 Å². The average Bonchev–Trinajstić information content (AvgIpc) is 3.15. The van der Waals surface area contributed by atoms with E-state index in [2.05, 4.69) is 4.90 Å². The second-order valence-electron chi connectivity index (χ2n) is 10.3. The molecule has 198 valence electrons. The van der Waals surface area contributed by atoms with E-state index in [0.717, 1.165) is 18.1 Å². The van der Waals surface area contributed by atoms with Crippen LogP contribution in [0.5, 0.6) is 5.75 Å². The maximum atomic E-state index is 14.7. The summed E-state index contributed by atoms with van der Waals surface area (Å²) in [5.41, 5.74) is 1.46. The van der Waals surface area contributed by atoms with Crippen LogP contribution in [0.2, 0.25) is 0 Å². The Morgan fingerprint density at radius 3 is 2.37 bits per heavy atom. The molecule has 7 rings (SSSR count). The molecule has 1 aliphatic carbocycles. The first-order chi connectivity index (χ1) is 18.2. The number of para-hydroxylation sites is 2. The molecule has 2 saturated heterocycles. The van der Waals surface area contributed by atoms with Gasteiger partial charge in [-0.15, -0.1) is 0 Å². The van der Waals surface area contributed by atoms with Crippen LogP contribution in [0.15, 0.2) is 65.5 Å². The lowest BCUT2D eigenvalue weighted by molar-refractivity contribution is -0.138. The number of imidazole rings is 1. The maximum absolute atomic E-state index is 14.7. The van der Waals surface area contributed by atoms with E-state index in [9.17, 15) is 22.4 Å². The van der Waals surface area contributed by atoms with Crippen LogP contribution in [-0.4, -0.2) is 29.3 Å². The highest BCUT2D eigenvalue weighted by Gasteiger charge is 2.49. The number of alkyl halides is 3. The minimum Gasteiger partial charge on any atom is -0.494 e. The summed E-state index contributed by atoms with van der Waals surface area (Å²) in [4.78, 5) is 16.0. The molecule has 2 bridgehead atoms. The molecule has 2 atom stereocenters. The lowest BCUT2D eigenvalue weighted by atomic mass is 9.66. The Kier molecular flexibility index (Phi) is 5.77. The van der Waals surface area contributed by atoms with Crippen LogP contribution in [0.25, 0.3) is 11.0 Å². The Bertz CT molecular complexity index is 1560. The number of ether oxygens (including phenoxy) is 1. The van der Waals surface area contributed by atoms with E-state index >= 15 is 0 Å². The third-order valence-corrected chi connectivity index (χ3v) is 8.10. The molecule has 1 saturated carbocycles. The van der Waals surface area contributed by atoms with Crippen molar-refractivity contribution in [1.82, 2.24) is 9.13 Å².